The summed E-state index contributed by atoms with van der Waals surface area (Å²) in [6.07, 6.45) is 5.49. The van der Waals surface area contributed by atoms with Gasteiger partial charge in [0.15, 0.2) is 5.96 Å². The number of nitrogens with zero attached hydrogens (tertiary/aromatic N) is 1. The highest BCUT2D eigenvalue weighted by Crippen LogP contribution is 2.53. The van der Waals surface area contributed by atoms with Crippen LogP contribution < -0.4 is 50.4 Å². The van der Waals surface area contributed by atoms with Gasteiger partial charge in [0.1, 0.15) is 29.2 Å². The van der Waals surface area contributed by atoms with Crippen molar-refractivity contribution >= 4 is 53.7 Å². The Morgan fingerprint density at radius 1 is 0.741 bits per heavy atom. The van der Waals surface area contributed by atoms with Crippen LogP contribution in [0.5, 0.6) is 0 Å². The molecule has 25 nitrogen and oxygen atoms in total. The summed E-state index contributed by atoms with van der Waals surface area (Å²) in [7, 11) is 4.48. The fraction of sp³-hybridized carbons (Fsp3) is 0.727. The first-order valence-corrected chi connectivity index (χ1v) is 17.8. The van der Waals surface area contributed by atoms with Gasteiger partial charge in [0, 0.05) is 12.6 Å². The highest BCUT2D eigenvalue weighted by molar-refractivity contribution is 5.83. The topological polar surface area (TPSA) is 483 Å². The Balaban J connectivity index is -0.000000634. The molecule has 3 unspecified atom stereocenters. The SMILES string of the molecule is CC(C)(N)C(=O)O.CN[C@@H](CC(=O)O)C(=O)O.CN[C@@H](CC(N)=O)C(=O)O.CN[C@@H](CCCN=C(N)N)C(=O)O.NC1(C(=O)O)CC1.NC1CC2CCC1(C(=O)O)C2. The maximum Gasteiger partial charge on any atom is 0.323 e. The third-order valence-corrected chi connectivity index (χ3v) is 8.81. The van der Waals surface area contributed by atoms with Crippen molar-refractivity contribution in [2.24, 2.45) is 50.7 Å². The minimum Gasteiger partial charge on any atom is -0.481 e. The maximum absolute atomic E-state index is 10.9. The zero-order chi connectivity index (χ0) is 46.2. The molecule has 0 aromatic heterocycles. The highest BCUT2D eigenvalue weighted by Gasteiger charge is 2.55. The number of carbonyl (C=O) groups is 8. The van der Waals surface area contributed by atoms with E-state index in [9.17, 15) is 38.4 Å². The second-order valence-electron chi connectivity index (χ2n) is 14.2. The molecule has 3 aliphatic carbocycles. The Hall–Kier alpha value is -5.21. The first kappa shape index (κ1) is 57.1. The lowest BCUT2D eigenvalue weighted by Crippen LogP contribution is -2.43. The Kier molecular flexibility index (Phi) is 27.0. The van der Waals surface area contributed by atoms with Crippen LogP contribution in [0.4, 0.5) is 0 Å². The number of fused-ring (bicyclic) bond motifs is 2. The molecule has 0 heterocycles. The fourth-order valence-corrected chi connectivity index (χ4v) is 4.90. The predicted octanol–water partition coefficient (Wildman–Crippen LogP) is -3.66. The van der Waals surface area contributed by atoms with Gasteiger partial charge in [-0.2, -0.15) is 0 Å². The molecule has 0 aromatic carbocycles. The number of aliphatic carboxylic acids is 7. The third-order valence-electron chi connectivity index (χ3n) is 8.81. The monoisotopic (exact) mass is 840 g/mol. The smallest absolute Gasteiger partial charge is 0.323 e. The number of guanidine groups is 1. The van der Waals surface area contributed by atoms with Crippen molar-refractivity contribution in [1.29, 1.82) is 0 Å². The molecule has 336 valence electrons. The van der Waals surface area contributed by atoms with Crippen molar-refractivity contribution in [3.8, 4) is 0 Å². The van der Waals surface area contributed by atoms with Gasteiger partial charge < -0.3 is 86.1 Å². The van der Waals surface area contributed by atoms with Gasteiger partial charge in [0.25, 0.3) is 0 Å². The zero-order valence-electron chi connectivity index (χ0n) is 33.5. The summed E-state index contributed by atoms with van der Waals surface area (Å²) in [6.45, 7) is 3.35. The number of carbonyl (C=O) groups excluding carboxylic acids is 1. The van der Waals surface area contributed by atoms with Gasteiger partial charge in [-0.15, -0.1) is 0 Å². The van der Waals surface area contributed by atoms with Crippen molar-refractivity contribution in [3.63, 3.8) is 0 Å². The molecule has 2 bridgehead atoms. The van der Waals surface area contributed by atoms with E-state index in [1.807, 2.05) is 0 Å². The number of nitrogens with one attached hydrogen (secondary N) is 3. The van der Waals surface area contributed by atoms with Gasteiger partial charge in [-0.3, -0.25) is 43.3 Å². The molecular weight excluding hydrogens is 776 g/mol. The molecule has 0 aliphatic heterocycles. The summed E-state index contributed by atoms with van der Waals surface area (Å²) < 4.78 is 0. The summed E-state index contributed by atoms with van der Waals surface area (Å²) in [5.41, 5.74) is 28.5. The molecule has 0 saturated heterocycles. The predicted molar refractivity (Wildman–Crippen MR) is 207 cm³/mol. The van der Waals surface area contributed by atoms with E-state index in [1.54, 1.807) is 7.05 Å². The largest absolute Gasteiger partial charge is 0.481 e. The van der Waals surface area contributed by atoms with Crippen LogP contribution in [0.15, 0.2) is 4.99 Å². The number of carboxylic acids is 7. The van der Waals surface area contributed by atoms with E-state index in [1.165, 1.54) is 27.9 Å². The van der Waals surface area contributed by atoms with Crippen LogP contribution in [0.3, 0.4) is 0 Å². The minimum atomic E-state index is -1.15. The summed E-state index contributed by atoms with van der Waals surface area (Å²) in [5, 5.41) is 66.2. The molecule has 0 aromatic rings. The summed E-state index contributed by atoms with van der Waals surface area (Å²) in [5.74, 6) is -6.70. The van der Waals surface area contributed by atoms with Crippen molar-refractivity contribution in [3.05, 3.63) is 0 Å². The van der Waals surface area contributed by atoms with Crippen LogP contribution in [0.2, 0.25) is 0 Å². The zero-order valence-corrected chi connectivity index (χ0v) is 33.5. The molecule has 0 radical (unpaired) electrons. The average molecular weight is 841 g/mol. The quantitative estimate of drug-likeness (QED) is 0.0381. The van der Waals surface area contributed by atoms with E-state index in [0.29, 0.717) is 38.1 Å². The Labute approximate surface area is 335 Å². The number of nitrogens with two attached hydrogens (primary N) is 6. The molecule has 1 amide bonds. The molecular formula is C33H64N10O15. The highest BCUT2D eigenvalue weighted by atomic mass is 16.4. The number of aliphatic imine (C=N–C) groups is 1. The van der Waals surface area contributed by atoms with Crippen LogP contribution in [-0.4, -0.2) is 152 Å². The standard InChI is InChI=1S/C8H13NO2.C7H16N4O2.C5H10N2O3.C5H9NO4.C4H7NO2.C4H9NO2/c9-6-3-5-1-2-8(6,4-5)7(10)11;1-10-5(6(12)13)3-2-4-11-7(8)9;1-7-3(5(9)10)2-4(6)8;1-6-3(5(9)10)2-4(7)8;5-4(1-2-4)3(6)7;1-4(2,5)3(6)7/h5-6H,1-4,9H2,(H,10,11);5,10H,2-4H2,1H3,(H,12,13)(H4,8,9,11);3,7H,2H2,1H3,(H2,6,8)(H,9,10);3,6H,2H2,1H3,(H,7,8)(H,9,10);1-2,5H2,(H,6,7);5H2,1-2H3,(H,6,7)/t;5-;2*3-;;/m.000../s1. The summed E-state index contributed by atoms with van der Waals surface area (Å²) in [6, 6.07) is -2.46. The van der Waals surface area contributed by atoms with Crippen LogP contribution in [0, 0.1) is 11.3 Å². The van der Waals surface area contributed by atoms with Crippen molar-refractivity contribution in [2.75, 3.05) is 27.7 Å². The lowest BCUT2D eigenvalue weighted by Gasteiger charge is -2.27. The molecule has 0 spiro atoms. The number of primary amides is 1. The molecule has 58 heavy (non-hydrogen) atoms. The van der Waals surface area contributed by atoms with Gasteiger partial charge in [0.2, 0.25) is 5.91 Å². The summed E-state index contributed by atoms with van der Waals surface area (Å²) in [4.78, 5) is 85.5. The van der Waals surface area contributed by atoms with Gasteiger partial charge in [-0.05, 0) is 92.3 Å². The number of rotatable bonds is 17. The normalized spacial score (nSPS) is 20.4. The lowest BCUT2D eigenvalue weighted by molar-refractivity contribution is -0.149. The molecule has 6 atom stereocenters. The van der Waals surface area contributed by atoms with Gasteiger partial charge >= 0.3 is 41.8 Å². The van der Waals surface area contributed by atoms with E-state index in [2.05, 4.69) is 20.9 Å². The Morgan fingerprint density at radius 2 is 1.17 bits per heavy atom. The fourth-order valence-electron chi connectivity index (χ4n) is 4.90. The second kappa shape index (κ2) is 27.4. The van der Waals surface area contributed by atoms with E-state index < -0.39 is 88.7 Å². The van der Waals surface area contributed by atoms with E-state index in [4.69, 9.17) is 70.1 Å². The van der Waals surface area contributed by atoms with Crippen molar-refractivity contribution < 1.29 is 74.1 Å². The molecule has 3 fully saturated rings. The number of amides is 1. The molecule has 22 N–H and O–H groups in total. The maximum atomic E-state index is 10.9. The van der Waals surface area contributed by atoms with Crippen LogP contribution >= 0.6 is 0 Å². The molecule has 3 aliphatic rings. The third kappa shape index (κ3) is 24.4. The Morgan fingerprint density at radius 3 is 1.34 bits per heavy atom. The second-order valence-corrected chi connectivity index (χ2v) is 14.2. The van der Waals surface area contributed by atoms with Crippen molar-refractivity contribution in [1.82, 2.24) is 16.0 Å². The average Bonchev–Trinajstić information content (AvgIpc) is 3.58. The number of carboxylic acid groups (broad SMARTS) is 7. The minimum absolute atomic E-state index is 0.0383. The molecule has 3 saturated carbocycles. The van der Waals surface area contributed by atoms with Crippen LogP contribution in [-0.2, 0) is 38.4 Å². The van der Waals surface area contributed by atoms with E-state index in [-0.39, 0.29) is 18.4 Å². The van der Waals surface area contributed by atoms with Gasteiger partial charge in [0.05, 0.1) is 18.3 Å². The van der Waals surface area contributed by atoms with Crippen molar-refractivity contribution in [2.45, 2.75) is 113 Å². The van der Waals surface area contributed by atoms with E-state index >= 15 is 0 Å². The number of hydrogen-bond acceptors (Lipinski definition) is 15. The van der Waals surface area contributed by atoms with E-state index in [0.717, 1.165) is 25.7 Å². The Bertz CT molecular complexity index is 1350. The van der Waals surface area contributed by atoms with Crippen LogP contribution in [0.1, 0.15) is 78.1 Å². The van der Waals surface area contributed by atoms with Gasteiger partial charge in [-0.1, -0.05) is 0 Å². The first-order chi connectivity index (χ1) is 26.5. The summed E-state index contributed by atoms with van der Waals surface area (Å²) >= 11 is 0. The molecule has 3 rings (SSSR count). The van der Waals surface area contributed by atoms with Crippen LogP contribution in [0.25, 0.3) is 0 Å². The number of likely N-dealkylation sites (N-methyl/N-ethyl adjacent to an activating group) is 3. The first-order valence-electron chi connectivity index (χ1n) is 17.8. The number of hydrogen-bond donors (Lipinski definition) is 16. The van der Waals surface area contributed by atoms with Gasteiger partial charge in [-0.25, -0.2) is 0 Å². The lowest BCUT2D eigenvalue weighted by atomic mass is 9.80. The molecule has 25 heteroatoms.